The lowest BCUT2D eigenvalue weighted by Gasteiger charge is -2.41. The average molecular weight is 421 g/mol. The third-order valence-corrected chi connectivity index (χ3v) is 7.85. The minimum Gasteiger partial charge on any atom is -0.387 e. The summed E-state index contributed by atoms with van der Waals surface area (Å²) < 4.78 is 30.8. The fourth-order valence-corrected chi connectivity index (χ4v) is 5.93. The molecule has 2 aliphatic heterocycles. The zero-order valence-electron chi connectivity index (χ0n) is 17.8. The summed E-state index contributed by atoms with van der Waals surface area (Å²) in [5.74, 6) is -2.10. The first kappa shape index (κ1) is 22.7. The average Bonchev–Trinajstić information content (AvgIpc) is 3.39. The second-order valence-corrected chi connectivity index (χ2v) is 10.2. The molecule has 4 unspecified atom stereocenters. The van der Waals surface area contributed by atoms with Crippen molar-refractivity contribution in [3.8, 4) is 0 Å². The first-order valence-electron chi connectivity index (χ1n) is 10.7. The lowest BCUT2D eigenvalue weighted by Crippen LogP contribution is -2.58. The SMILES string of the molecule is CNC1CCN(C(C)CC2CC2N(C)C[C@]2(O)CCCN(SC)C2)CC1(F)F. The maximum atomic E-state index is 14.3. The zero-order valence-corrected chi connectivity index (χ0v) is 18.6. The highest BCUT2D eigenvalue weighted by atomic mass is 32.2. The van der Waals surface area contributed by atoms with Crippen molar-refractivity contribution in [2.45, 2.75) is 68.7 Å². The molecule has 1 saturated carbocycles. The number of halogens is 2. The van der Waals surface area contributed by atoms with Crippen LogP contribution >= 0.6 is 11.9 Å². The van der Waals surface area contributed by atoms with E-state index in [2.05, 4.69) is 34.7 Å². The largest absolute Gasteiger partial charge is 0.387 e. The number of nitrogens with zero attached hydrogens (tertiary/aromatic N) is 3. The molecule has 0 aromatic carbocycles. The zero-order chi connectivity index (χ0) is 20.5. The van der Waals surface area contributed by atoms with Gasteiger partial charge in [-0.15, -0.1) is 0 Å². The number of rotatable bonds is 8. The van der Waals surface area contributed by atoms with Crippen LogP contribution in [0.15, 0.2) is 0 Å². The van der Waals surface area contributed by atoms with Gasteiger partial charge in [-0.2, -0.15) is 0 Å². The molecule has 3 aliphatic rings. The van der Waals surface area contributed by atoms with E-state index in [4.69, 9.17) is 0 Å². The summed E-state index contributed by atoms with van der Waals surface area (Å²) >= 11 is 1.71. The van der Waals surface area contributed by atoms with Crippen molar-refractivity contribution in [1.82, 2.24) is 19.4 Å². The monoisotopic (exact) mass is 420 g/mol. The Morgan fingerprint density at radius 1 is 1.32 bits per heavy atom. The Kier molecular flexibility index (Phi) is 7.31. The van der Waals surface area contributed by atoms with Gasteiger partial charge in [0, 0.05) is 38.3 Å². The maximum absolute atomic E-state index is 14.3. The highest BCUT2D eigenvalue weighted by molar-refractivity contribution is 7.96. The van der Waals surface area contributed by atoms with E-state index in [0.29, 0.717) is 24.9 Å². The summed E-state index contributed by atoms with van der Waals surface area (Å²) in [5, 5.41) is 13.8. The van der Waals surface area contributed by atoms with Crippen LogP contribution in [0.3, 0.4) is 0 Å². The summed E-state index contributed by atoms with van der Waals surface area (Å²) in [7, 11) is 3.73. The molecule has 164 valence electrons. The summed E-state index contributed by atoms with van der Waals surface area (Å²) in [6.45, 7) is 5.16. The van der Waals surface area contributed by atoms with Gasteiger partial charge in [0.15, 0.2) is 0 Å². The molecule has 0 bridgehead atoms. The Balaban J connectivity index is 1.45. The second-order valence-electron chi connectivity index (χ2n) is 9.30. The number of likely N-dealkylation sites (N-methyl/N-ethyl adjacent to an activating group) is 1. The fraction of sp³-hybridized carbons (Fsp3) is 1.00. The highest BCUT2D eigenvalue weighted by Gasteiger charge is 2.47. The lowest BCUT2D eigenvalue weighted by atomic mass is 9.93. The molecule has 5 atom stereocenters. The third kappa shape index (κ3) is 5.38. The molecule has 2 saturated heterocycles. The van der Waals surface area contributed by atoms with Gasteiger partial charge in [-0.1, -0.05) is 11.9 Å². The van der Waals surface area contributed by atoms with Gasteiger partial charge in [0.05, 0.1) is 18.2 Å². The molecule has 1 aliphatic carbocycles. The number of alkyl halides is 2. The van der Waals surface area contributed by atoms with E-state index < -0.39 is 17.6 Å². The molecule has 8 heteroatoms. The first-order chi connectivity index (χ1) is 13.2. The van der Waals surface area contributed by atoms with Crippen LogP contribution in [-0.4, -0.2) is 102 Å². The molecule has 0 aromatic heterocycles. The minimum atomic E-state index is -2.66. The second kappa shape index (κ2) is 9.02. The Morgan fingerprint density at radius 3 is 2.71 bits per heavy atom. The molecule has 0 radical (unpaired) electrons. The fourth-order valence-electron chi connectivity index (χ4n) is 5.25. The molecule has 3 rings (SSSR count). The van der Waals surface area contributed by atoms with Crippen molar-refractivity contribution in [3.05, 3.63) is 0 Å². The van der Waals surface area contributed by atoms with Crippen LogP contribution in [-0.2, 0) is 0 Å². The molecular weight excluding hydrogens is 382 g/mol. The number of nitrogens with one attached hydrogen (secondary N) is 1. The first-order valence-corrected chi connectivity index (χ1v) is 11.9. The van der Waals surface area contributed by atoms with Gasteiger partial charge in [-0.05, 0) is 65.3 Å². The van der Waals surface area contributed by atoms with Crippen LogP contribution in [0.1, 0.15) is 39.0 Å². The van der Waals surface area contributed by atoms with Crippen molar-refractivity contribution in [2.24, 2.45) is 5.92 Å². The topological polar surface area (TPSA) is 42.0 Å². The number of piperidine rings is 2. The van der Waals surface area contributed by atoms with E-state index in [9.17, 15) is 13.9 Å². The third-order valence-electron chi connectivity index (χ3n) is 7.02. The summed E-state index contributed by atoms with van der Waals surface area (Å²) in [6.07, 6.45) is 6.54. The van der Waals surface area contributed by atoms with Crippen LogP contribution in [0.25, 0.3) is 0 Å². The van der Waals surface area contributed by atoms with Crippen LogP contribution in [0.4, 0.5) is 8.78 Å². The molecule has 2 N–H and O–H groups in total. The number of β-amino-alcohol motifs (C(OH)–C–C–N with tert-alkyl or cyclic N) is 1. The molecule has 5 nitrogen and oxygen atoms in total. The highest BCUT2D eigenvalue weighted by Crippen LogP contribution is 2.41. The number of aliphatic hydroxyl groups is 1. The van der Waals surface area contributed by atoms with Gasteiger partial charge >= 0.3 is 0 Å². The van der Waals surface area contributed by atoms with Crippen LogP contribution in [0.5, 0.6) is 0 Å². The van der Waals surface area contributed by atoms with Crippen molar-refractivity contribution >= 4 is 11.9 Å². The van der Waals surface area contributed by atoms with E-state index in [1.54, 1.807) is 19.0 Å². The Hall–Kier alpha value is 0.01000. The smallest absolute Gasteiger partial charge is 0.275 e. The van der Waals surface area contributed by atoms with Crippen LogP contribution in [0.2, 0.25) is 0 Å². The van der Waals surface area contributed by atoms with Crippen LogP contribution in [0, 0.1) is 5.92 Å². The van der Waals surface area contributed by atoms with Gasteiger partial charge in [0.25, 0.3) is 5.92 Å². The molecule has 28 heavy (non-hydrogen) atoms. The lowest BCUT2D eigenvalue weighted by molar-refractivity contribution is -0.0975. The quantitative estimate of drug-likeness (QED) is 0.587. The van der Waals surface area contributed by atoms with Gasteiger partial charge < -0.3 is 15.3 Å². The van der Waals surface area contributed by atoms with Gasteiger partial charge in [0.2, 0.25) is 0 Å². The molecule has 0 spiro atoms. The van der Waals surface area contributed by atoms with Crippen molar-refractivity contribution in [3.63, 3.8) is 0 Å². The van der Waals surface area contributed by atoms with E-state index in [0.717, 1.165) is 45.3 Å². The molecule has 0 amide bonds. The molecule has 3 fully saturated rings. The predicted octanol–water partition coefficient (Wildman–Crippen LogP) is 2.12. The maximum Gasteiger partial charge on any atom is 0.275 e. The van der Waals surface area contributed by atoms with Gasteiger partial charge in [0.1, 0.15) is 0 Å². The number of hydrogen-bond acceptors (Lipinski definition) is 6. The Labute approximate surface area is 173 Å². The summed E-state index contributed by atoms with van der Waals surface area (Å²) in [6, 6.07) is -0.0452. The molecule has 2 heterocycles. The van der Waals surface area contributed by atoms with E-state index >= 15 is 0 Å². The molecule has 0 aromatic rings. The van der Waals surface area contributed by atoms with Crippen molar-refractivity contribution < 1.29 is 13.9 Å². The number of likely N-dealkylation sites (tertiary alicyclic amines) is 1. The van der Waals surface area contributed by atoms with Gasteiger partial charge in [-0.3, -0.25) is 4.90 Å². The van der Waals surface area contributed by atoms with E-state index in [1.165, 1.54) is 0 Å². The van der Waals surface area contributed by atoms with Gasteiger partial charge in [-0.25, -0.2) is 13.1 Å². The number of hydrogen-bond donors (Lipinski definition) is 2. The molecular formula is C20H38F2N4OS. The Bertz CT molecular complexity index is 528. The van der Waals surface area contributed by atoms with Crippen molar-refractivity contribution in [1.29, 1.82) is 0 Å². The van der Waals surface area contributed by atoms with E-state index in [1.807, 2.05) is 4.90 Å². The summed E-state index contributed by atoms with van der Waals surface area (Å²) in [5.41, 5.74) is -0.633. The van der Waals surface area contributed by atoms with E-state index in [-0.39, 0.29) is 12.6 Å². The van der Waals surface area contributed by atoms with Crippen LogP contribution < -0.4 is 5.32 Å². The summed E-state index contributed by atoms with van der Waals surface area (Å²) in [4.78, 5) is 4.28. The standard InChI is InChI=1S/C20H38F2N4OS/c1-15(25-9-6-18(23-2)20(21,22)14-25)10-16-11-17(16)24(3)12-19(27)7-5-8-26(13-19)28-4/h15-18,23,27H,5-14H2,1-4H3/t15?,16?,17?,18?,19-/m1/s1. The normalized spacial score (nSPS) is 37.9. The minimum absolute atomic E-state index is 0.142. The van der Waals surface area contributed by atoms with Crippen molar-refractivity contribution in [2.75, 3.05) is 53.1 Å². The predicted molar refractivity (Wildman–Crippen MR) is 112 cm³/mol. The Morgan fingerprint density at radius 2 is 2.07 bits per heavy atom.